The largest absolute Gasteiger partial charge is 0.495 e. The maximum Gasteiger partial charge on any atom is 0.253 e. The highest BCUT2D eigenvalue weighted by Crippen LogP contribution is 2.24. The van der Waals surface area contributed by atoms with Gasteiger partial charge in [-0.2, -0.15) is 0 Å². The summed E-state index contributed by atoms with van der Waals surface area (Å²) in [5.41, 5.74) is 6.79. The van der Waals surface area contributed by atoms with Crippen LogP contribution >= 0.6 is 0 Å². The van der Waals surface area contributed by atoms with Crippen LogP contribution in [0.4, 0.5) is 5.69 Å². The van der Waals surface area contributed by atoms with Crippen molar-refractivity contribution in [3.05, 3.63) is 23.8 Å². The van der Waals surface area contributed by atoms with Gasteiger partial charge in [-0.25, -0.2) is 0 Å². The van der Waals surface area contributed by atoms with Crippen LogP contribution in [0.3, 0.4) is 0 Å². The number of nitrogen functional groups attached to an aromatic ring is 1. The van der Waals surface area contributed by atoms with E-state index in [1.807, 2.05) is 6.92 Å². The summed E-state index contributed by atoms with van der Waals surface area (Å²) in [4.78, 5) is 12.2. The van der Waals surface area contributed by atoms with E-state index in [4.69, 9.17) is 10.5 Å². The molecule has 3 N–H and O–H groups in total. The number of anilines is 1. The van der Waals surface area contributed by atoms with E-state index in [9.17, 15) is 4.79 Å². The third-order valence-electron chi connectivity index (χ3n) is 3.33. The van der Waals surface area contributed by atoms with E-state index in [0.29, 0.717) is 22.9 Å². The highest BCUT2D eigenvalue weighted by molar-refractivity contribution is 6.00. The van der Waals surface area contributed by atoms with Gasteiger partial charge in [0.15, 0.2) is 0 Å². The van der Waals surface area contributed by atoms with Gasteiger partial charge in [-0.15, -0.1) is 0 Å². The van der Waals surface area contributed by atoms with Gasteiger partial charge in [0.1, 0.15) is 5.75 Å². The topological polar surface area (TPSA) is 64.3 Å². The molecule has 0 aliphatic rings. The summed E-state index contributed by atoms with van der Waals surface area (Å²) in [6, 6.07) is 5.38. The molecule has 1 rings (SSSR count). The van der Waals surface area contributed by atoms with Crippen LogP contribution in [0.15, 0.2) is 18.2 Å². The molecule has 1 aromatic rings. The Bertz CT molecular complexity index is 444. The second-order valence-corrected chi connectivity index (χ2v) is 5.62. The van der Waals surface area contributed by atoms with Gasteiger partial charge >= 0.3 is 0 Å². The number of hydrogen-bond donors (Lipinski definition) is 2. The van der Waals surface area contributed by atoms with Crippen LogP contribution in [0.5, 0.6) is 5.75 Å². The molecule has 112 valence electrons. The average molecular weight is 278 g/mol. The normalized spacial score (nSPS) is 12.2. The first-order valence-corrected chi connectivity index (χ1v) is 7.19. The van der Waals surface area contributed by atoms with Crippen molar-refractivity contribution in [2.45, 2.75) is 46.1 Å². The maximum atomic E-state index is 12.2. The number of rotatable bonds is 7. The highest BCUT2D eigenvalue weighted by Gasteiger charge is 2.15. The zero-order chi connectivity index (χ0) is 15.1. The minimum atomic E-state index is -0.140. The number of para-hydroxylation sites is 1. The Morgan fingerprint density at radius 2 is 2.00 bits per heavy atom. The molecule has 1 aromatic carbocycles. The van der Waals surface area contributed by atoms with E-state index in [2.05, 4.69) is 19.2 Å². The lowest BCUT2D eigenvalue weighted by Gasteiger charge is -2.16. The molecule has 0 radical (unpaired) electrons. The van der Waals surface area contributed by atoms with Crippen molar-refractivity contribution < 1.29 is 9.53 Å². The molecule has 20 heavy (non-hydrogen) atoms. The first-order valence-electron chi connectivity index (χ1n) is 7.19. The Hall–Kier alpha value is -1.71. The Morgan fingerprint density at radius 1 is 1.30 bits per heavy atom. The Kier molecular flexibility index (Phi) is 6.36. The van der Waals surface area contributed by atoms with Crippen molar-refractivity contribution >= 4 is 11.6 Å². The third kappa shape index (κ3) is 4.76. The fraction of sp³-hybridized carbons (Fsp3) is 0.562. The van der Waals surface area contributed by atoms with E-state index in [1.165, 1.54) is 6.42 Å². The first kappa shape index (κ1) is 16.3. The molecule has 0 bridgehead atoms. The Labute approximate surface area is 121 Å². The van der Waals surface area contributed by atoms with Crippen molar-refractivity contribution in [3.63, 3.8) is 0 Å². The molecular formula is C16H26N2O2. The van der Waals surface area contributed by atoms with Gasteiger partial charge in [-0.05, 0) is 31.4 Å². The minimum absolute atomic E-state index is 0.140. The third-order valence-corrected chi connectivity index (χ3v) is 3.33. The van der Waals surface area contributed by atoms with Crippen LogP contribution in [0.2, 0.25) is 0 Å². The summed E-state index contributed by atoms with van der Waals surface area (Å²) in [6.45, 7) is 6.44. The Balaban J connectivity index is 2.58. The predicted octanol–water partition coefficient (Wildman–Crippen LogP) is 3.22. The molecule has 1 amide bonds. The van der Waals surface area contributed by atoms with E-state index < -0.39 is 0 Å². The lowest BCUT2D eigenvalue weighted by Crippen LogP contribution is -2.33. The summed E-state index contributed by atoms with van der Waals surface area (Å²) < 4.78 is 5.13. The fourth-order valence-corrected chi connectivity index (χ4v) is 2.13. The molecule has 1 unspecified atom stereocenters. The maximum absolute atomic E-state index is 12.2. The van der Waals surface area contributed by atoms with Gasteiger partial charge in [0.25, 0.3) is 5.91 Å². The van der Waals surface area contributed by atoms with Gasteiger partial charge in [-0.3, -0.25) is 4.79 Å². The van der Waals surface area contributed by atoms with Crippen molar-refractivity contribution in [2.24, 2.45) is 5.92 Å². The van der Waals surface area contributed by atoms with E-state index >= 15 is 0 Å². The molecule has 0 aromatic heterocycles. The van der Waals surface area contributed by atoms with E-state index in [1.54, 1.807) is 25.3 Å². The summed E-state index contributed by atoms with van der Waals surface area (Å²) in [5.74, 6) is 1.09. The highest BCUT2D eigenvalue weighted by atomic mass is 16.5. The van der Waals surface area contributed by atoms with Gasteiger partial charge in [0, 0.05) is 6.04 Å². The van der Waals surface area contributed by atoms with Gasteiger partial charge in [-0.1, -0.05) is 32.8 Å². The number of carbonyl (C=O) groups is 1. The van der Waals surface area contributed by atoms with Gasteiger partial charge < -0.3 is 15.8 Å². The molecule has 4 nitrogen and oxygen atoms in total. The van der Waals surface area contributed by atoms with Crippen LogP contribution in [0, 0.1) is 5.92 Å². The number of ether oxygens (including phenoxy) is 1. The van der Waals surface area contributed by atoms with Gasteiger partial charge in [0.2, 0.25) is 0 Å². The van der Waals surface area contributed by atoms with Crippen molar-refractivity contribution in [1.82, 2.24) is 5.32 Å². The SMILES string of the molecule is COc1cccc(C(=O)NC(C)CCCC(C)C)c1N. The molecule has 0 aliphatic heterocycles. The molecule has 0 spiro atoms. The molecule has 0 fully saturated rings. The summed E-state index contributed by atoms with van der Waals surface area (Å²) >= 11 is 0. The number of carbonyl (C=O) groups excluding carboxylic acids is 1. The smallest absolute Gasteiger partial charge is 0.253 e. The quantitative estimate of drug-likeness (QED) is 0.753. The molecule has 0 saturated heterocycles. The van der Waals surface area contributed by atoms with Crippen LogP contribution in [0.25, 0.3) is 0 Å². The second-order valence-electron chi connectivity index (χ2n) is 5.62. The molecular weight excluding hydrogens is 252 g/mol. The molecule has 0 aliphatic carbocycles. The van der Waals surface area contributed by atoms with Crippen LogP contribution < -0.4 is 15.8 Å². The van der Waals surface area contributed by atoms with Crippen LogP contribution in [0.1, 0.15) is 50.4 Å². The molecule has 4 heteroatoms. The number of hydrogen-bond acceptors (Lipinski definition) is 3. The number of nitrogens with one attached hydrogen (secondary N) is 1. The lowest BCUT2D eigenvalue weighted by molar-refractivity contribution is 0.0938. The molecule has 0 saturated carbocycles. The zero-order valence-electron chi connectivity index (χ0n) is 12.9. The summed E-state index contributed by atoms with van der Waals surface area (Å²) in [6.07, 6.45) is 3.28. The predicted molar refractivity (Wildman–Crippen MR) is 83.0 cm³/mol. The van der Waals surface area contributed by atoms with Crippen LogP contribution in [-0.2, 0) is 0 Å². The average Bonchev–Trinajstić information content (AvgIpc) is 2.38. The summed E-state index contributed by atoms with van der Waals surface area (Å²) in [7, 11) is 1.54. The number of methoxy groups -OCH3 is 1. The van der Waals surface area contributed by atoms with E-state index in [0.717, 1.165) is 12.8 Å². The van der Waals surface area contributed by atoms with E-state index in [-0.39, 0.29) is 11.9 Å². The first-order chi connectivity index (χ1) is 9.45. The van der Waals surface area contributed by atoms with Crippen molar-refractivity contribution in [3.8, 4) is 5.75 Å². The summed E-state index contributed by atoms with van der Waals surface area (Å²) in [5, 5.41) is 2.99. The number of amides is 1. The monoisotopic (exact) mass is 278 g/mol. The minimum Gasteiger partial charge on any atom is -0.495 e. The van der Waals surface area contributed by atoms with Gasteiger partial charge in [0.05, 0.1) is 18.4 Å². The zero-order valence-corrected chi connectivity index (χ0v) is 12.9. The standard InChI is InChI=1S/C16H26N2O2/c1-11(2)7-5-8-12(3)18-16(19)13-9-6-10-14(20-4)15(13)17/h6,9-12H,5,7-8,17H2,1-4H3,(H,18,19). The second kappa shape index (κ2) is 7.78. The fourth-order valence-electron chi connectivity index (χ4n) is 2.13. The lowest BCUT2D eigenvalue weighted by atomic mass is 10.0. The van der Waals surface area contributed by atoms with Crippen molar-refractivity contribution in [2.75, 3.05) is 12.8 Å². The van der Waals surface area contributed by atoms with Crippen LogP contribution in [-0.4, -0.2) is 19.1 Å². The van der Waals surface area contributed by atoms with Crippen molar-refractivity contribution in [1.29, 1.82) is 0 Å². The Morgan fingerprint density at radius 3 is 2.60 bits per heavy atom. The number of nitrogens with two attached hydrogens (primary N) is 1. The molecule has 1 atom stereocenters. The molecule has 0 heterocycles. The number of benzene rings is 1.